The van der Waals surface area contributed by atoms with Crippen LogP contribution < -0.4 is 5.01 Å². The molecule has 1 aromatic heterocycles. The second-order valence-corrected chi connectivity index (χ2v) is 9.46. The van der Waals surface area contributed by atoms with Crippen LogP contribution in [0.4, 0.5) is 11.4 Å². The Morgan fingerprint density at radius 2 is 1.69 bits per heavy atom. The molecule has 0 unspecified atom stereocenters. The molecule has 0 aliphatic carbocycles. The van der Waals surface area contributed by atoms with Gasteiger partial charge < -0.3 is 14.8 Å². The van der Waals surface area contributed by atoms with Gasteiger partial charge >= 0.3 is 0 Å². The number of rotatable bonds is 8. The molecule has 0 saturated carbocycles. The minimum Gasteiger partial charge on any atom is -0.394 e. The Morgan fingerprint density at radius 3 is 2.46 bits per heavy atom. The van der Waals surface area contributed by atoms with E-state index in [9.17, 15) is 10.2 Å². The van der Waals surface area contributed by atoms with E-state index in [-0.39, 0.29) is 18.6 Å². The van der Waals surface area contributed by atoms with Crippen LogP contribution in [0.15, 0.2) is 71.8 Å². The second kappa shape index (κ2) is 9.29. The first-order chi connectivity index (χ1) is 17.0. The number of aliphatic hydroxyl groups is 2. The normalized spacial score (nSPS) is 15.0. The lowest BCUT2D eigenvalue weighted by molar-refractivity contribution is -0.439. The van der Waals surface area contributed by atoms with Gasteiger partial charge in [-0.3, -0.25) is 5.01 Å². The second-order valence-electron chi connectivity index (χ2n) is 9.46. The van der Waals surface area contributed by atoms with E-state index in [1.165, 1.54) is 27.4 Å². The van der Waals surface area contributed by atoms with E-state index in [1.54, 1.807) is 0 Å². The molecule has 35 heavy (non-hydrogen) atoms. The highest BCUT2D eigenvalue weighted by atomic mass is 16.3. The number of anilines is 1. The molecule has 0 amide bonds. The Kier molecular flexibility index (Phi) is 6.17. The van der Waals surface area contributed by atoms with Crippen LogP contribution in [0.5, 0.6) is 0 Å². The van der Waals surface area contributed by atoms with Crippen molar-refractivity contribution in [3.8, 4) is 0 Å². The number of fused-ring (bicyclic) bond motifs is 4. The third kappa shape index (κ3) is 3.83. The molecule has 1 aliphatic heterocycles. The topological polar surface area (TPSA) is 64.0 Å². The third-order valence-electron chi connectivity index (χ3n) is 7.12. The van der Waals surface area contributed by atoms with E-state index >= 15 is 0 Å². The van der Waals surface area contributed by atoms with Crippen LogP contribution in [0.1, 0.15) is 26.3 Å². The van der Waals surface area contributed by atoms with Crippen molar-refractivity contribution in [2.45, 2.75) is 32.7 Å². The van der Waals surface area contributed by atoms with Gasteiger partial charge in [-0.25, -0.2) is 0 Å². The predicted octanol–water partition coefficient (Wildman–Crippen LogP) is 4.67. The molecule has 0 fully saturated rings. The molecular weight excluding hydrogens is 436 g/mol. The Labute approximate surface area is 206 Å². The van der Waals surface area contributed by atoms with E-state index < -0.39 is 0 Å². The number of hydrogen-bond donors (Lipinski definition) is 2. The summed E-state index contributed by atoms with van der Waals surface area (Å²) in [6.07, 6.45) is 1.89. The molecule has 1 aliphatic rings. The first-order valence-electron chi connectivity index (χ1n) is 12.3. The average Bonchev–Trinajstić information content (AvgIpc) is 3.30. The van der Waals surface area contributed by atoms with Crippen molar-refractivity contribution in [2.24, 2.45) is 5.10 Å². The molecule has 0 spiro atoms. The van der Waals surface area contributed by atoms with Crippen molar-refractivity contribution >= 4 is 45.1 Å². The zero-order valence-corrected chi connectivity index (χ0v) is 20.6. The number of nitrogens with zero attached hydrogens (tertiary/aromatic N) is 4. The molecular formula is C29H33N4O2+. The summed E-state index contributed by atoms with van der Waals surface area (Å²) in [5.74, 6) is 0. The van der Waals surface area contributed by atoms with Crippen LogP contribution in [-0.2, 0) is 12.0 Å². The van der Waals surface area contributed by atoms with Crippen molar-refractivity contribution in [3.05, 3.63) is 72.3 Å². The van der Waals surface area contributed by atoms with Gasteiger partial charge in [-0.1, -0.05) is 36.4 Å². The summed E-state index contributed by atoms with van der Waals surface area (Å²) < 4.78 is 4.48. The third-order valence-corrected chi connectivity index (χ3v) is 7.12. The van der Waals surface area contributed by atoms with Gasteiger partial charge in [0, 0.05) is 40.0 Å². The number of β-amino-alcohol motifs (C(OH)–C–C–N with tert-alkyl or cyclic N) is 1. The predicted molar refractivity (Wildman–Crippen MR) is 144 cm³/mol. The SMILES string of the molecule is CCn1c2ccccc2c2cc(N(CCO)N=CC3=[N+](CCO)c4ccccc4C3(C)C)ccc21. The minimum absolute atomic E-state index is 0.00853. The number of hydrogen-bond acceptors (Lipinski definition) is 4. The highest BCUT2D eigenvalue weighted by Crippen LogP contribution is 2.39. The standard InChI is InChI=1S/C29H33N4O2/c1-4-31-25-11-7-5-9-22(25)23-19-21(13-14-26(23)31)33(16-18-35)30-20-28-29(2,3)24-10-6-8-12-27(24)32(28)15-17-34/h5-14,19-20,34-35H,4,15-18H2,1-3H3/q+1. The van der Waals surface area contributed by atoms with Gasteiger partial charge in [-0.15, -0.1) is 0 Å². The van der Waals surface area contributed by atoms with E-state index in [0.29, 0.717) is 13.1 Å². The lowest BCUT2D eigenvalue weighted by Crippen LogP contribution is -2.33. The molecule has 6 heteroatoms. The van der Waals surface area contributed by atoms with Crippen LogP contribution in [0, 0.1) is 0 Å². The van der Waals surface area contributed by atoms with Gasteiger partial charge in [0.25, 0.3) is 0 Å². The first kappa shape index (κ1) is 23.3. The molecule has 4 aromatic rings. The average molecular weight is 470 g/mol. The zero-order valence-electron chi connectivity index (χ0n) is 20.6. The van der Waals surface area contributed by atoms with Gasteiger partial charge in [0.15, 0.2) is 6.54 Å². The summed E-state index contributed by atoms with van der Waals surface area (Å²) in [4.78, 5) is 0. The monoisotopic (exact) mass is 469 g/mol. The van der Waals surface area contributed by atoms with Crippen LogP contribution in [0.3, 0.4) is 0 Å². The Hall–Kier alpha value is -3.48. The van der Waals surface area contributed by atoms with Crippen molar-refractivity contribution in [1.82, 2.24) is 4.57 Å². The molecule has 0 bridgehead atoms. The van der Waals surface area contributed by atoms with Crippen molar-refractivity contribution in [2.75, 3.05) is 31.3 Å². The highest BCUT2D eigenvalue weighted by Gasteiger charge is 2.44. The number of aliphatic hydroxyl groups excluding tert-OH is 2. The highest BCUT2D eigenvalue weighted by molar-refractivity contribution is 6.33. The van der Waals surface area contributed by atoms with Crippen LogP contribution >= 0.6 is 0 Å². The first-order valence-corrected chi connectivity index (χ1v) is 12.3. The fourth-order valence-corrected chi connectivity index (χ4v) is 5.43. The van der Waals surface area contributed by atoms with Gasteiger partial charge in [-0.2, -0.15) is 9.68 Å². The molecule has 0 saturated heterocycles. The van der Waals surface area contributed by atoms with Gasteiger partial charge in [0.1, 0.15) is 12.8 Å². The Bertz CT molecular complexity index is 1450. The van der Waals surface area contributed by atoms with Gasteiger partial charge in [0.2, 0.25) is 11.4 Å². The number of benzene rings is 3. The number of para-hydroxylation sites is 2. The molecule has 3 aromatic carbocycles. The zero-order chi connectivity index (χ0) is 24.6. The van der Waals surface area contributed by atoms with E-state index in [1.807, 2.05) is 17.3 Å². The molecule has 2 heterocycles. The molecule has 2 N–H and O–H groups in total. The lowest BCUT2D eigenvalue weighted by atomic mass is 9.82. The summed E-state index contributed by atoms with van der Waals surface area (Å²) in [5.41, 5.74) is 6.46. The van der Waals surface area contributed by atoms with E-state index in [2.05, 4.69) is 90.6 Å². The van der Waals surface area contributed by atoms with Gasteiger partial charge in [-0.05, 0) is 45.0 Å². The number of hydrazone groups is 1. The maximum Gasteiger partial charge on any atom is 0.212 e. The van der Waals surface area contributed by atoms with E-state index in [4.69, 9.17) is 5.10 Å². The fourth-order valence-electron chi connectivity index (χ4n) is 5.43. The van der Waals surface area contributed by atoms with Crippen molar-refractivity contribution < 1.29 is 14.8 Å². The summed E-state index contributed by atoms with van der Waals surface area (Å²) in [7, 11) is 0. The molecule has 6 nitrogen and oxygen atoms in total. The van der Waals surface area contributed by atoms with E-state index in [0.717, 1.165) is 23.6 Å². The lowest BCUT2D eigenvalue weighted by Gasteiger charge is -2.20. The smallest absolute Gasteiger partial charge is 0.212 e. The number of aryl methyl sites for hydroxylation is 1. The Morgan fingerprint density at radius 1 is 0.943 bits per heavy atom. The largest absolute Gasteiger partial charge is 0.394 e. The fraction of sp³-hybridized carbons (Fsp3) is 0.310. The van der Waals surface area contributed by atoms with Crippen LogP contribution in [0.2, 0.25) is 0 Å². The minimum atomic E-state index is -0.251. The molecule has 180 valence electrons. The number of aromatic nitrogens is 1. The van der Waals surface area contributed by atoms with Crippen LogP contribution in [0.25, 0.3) is 21.8 Å². The van der Waals surface area contributed by atoms with Crippen molar-refractivity contribution in [1.29, 1.82) is 0 Å². The van der Waals surface area contributed by atoms with Gasteiger partial charge in [0.05, 0.1) is 24.3 Å². The van der Waals surface area contributed by atoms with Crippen molar-refractivity contribution in [3.63, 3.8) is 0 Å². The maximum absolute atomic E-state index is 9.83. The molecule has 0 atom stereocenters. The summed E-state index contributed by atoms with van der Waals surface area (Å²) in [6.45, 7) is 8.37. The molecule has 5 rings (SSSR count). The Balaban J connectivity index is 1.58. The maximum atomic E-state index is 9.83. The van der Waals surface area contributed by atoms with Crippen LogP contribution in [-0.4, -0.2) is 57.6 Å². The quantitative estimate of drug-likeness (QED) is 0.224. The summed E-state index contributed by atoms with van der Waals surface area (Å²) >= 11 is 0. The molecule has 0 radical (unpaired) electrons. The summed E-state index contributed by atoms with van der Waals surface area (Å²) in [5, 5.41) is 28.7. The summed E-state index contributed by atoms with van der Waals surface area (Å²) in [6, 6.07) is 23.2.